The molecule has 1 aromatic carbocycles. The minimum atomic E-state index is -0.610. The monoisotopic (exact) mass is 207 g/mol. The highest BCUT2D eigenvalue weighted by Crippen LogP contribution is 2.34. The number of rotatable bonds is 0. The average Bonchev–Trinajstić information content (AvgIpc) is 2.30. The van der Waals surface area contributed by atoms with Gasteiger partial charge < -0.3 is 15.6 Å². The second-order valence-corrected chi connectivity index (χ2v) is 4.25. The van der Waals surface area contributed by atoms with Crippen molar-refractivity contribution in [1.29, 1.82) is 0 Å². The van der Waals surface area contributed by atoms with E-state index in [1.54, 1.807) is 0 Å². The summed E-state index contributed by atoms with van der Waals surface area (Å²) in [6.07, 6.45) is 0.0787. The van der Waals surface area contributed by atoms with Crippen molar-refractivity contribution in [2.75, 3.05) is 6.61 Å². The van der Waals surface area contributed by atoms with Gasteiger partial charge in [-0.3, -0.25) is 0 Å². The molecule has 0 fully saturated rings. The van der Waals surface area contributed by atoms with E-state index in [1.165, 1.54) is 0 Å². The number of aliphatic hydroxyl groups excluding tert-OH is 1. The molecule has 15 heavy (non-hydrogen) atoms. The van der Waals surface area contributed by atoms with Gasteiger partial charge in [0.1, 0.15) is 5.75 Å². The van der Waals surface area contributed by atoms with Crippen molar-refractivity contribution in [2.45, 2.75) is 32.4 Å². The molecule has 0 radical (unpaired) electrons. The van der Waals surface area contributed by atoms with Crippen molar-refractivity contribution in [1.82, 2.24) is 0 Å². The average molecular weight is 207 g/mol. The molecule has 0 amide bonds. The first-order valence-electron chi connectivity index (χ1n) is 5.27. The third-order valence-electron chi connectivity index (χ3n) is 2.87. The molecule has 3 heteroatoms. The normalized spacial score (nSPS) is 25.3. The minimum Gasteiger partial charge on any atom is -0.493 e. The predicted octanol–water partition coefficient (Wildman–Crippen LogP) is 1.45. The summed E-state index contributed by atoms with van der Waals surface area (Å²) in [6.45, 7) is 4.58. The standard InChI is InChI=1S/C12H17NO2/c1-7-5-8(2)12-9(6-7)11(14)10(13)3-4-15-12/h5-6,10-11,14H,3-4,13H2,1-2H3/t10-,11-/m0/s1. The zero-order chi connectivity index (χ0) is 11.0. The summed E-state index contributed by atoms with van der Waals surface area (Å²) in [6, 6.07) is 3.79. The van der Waals surface area contributed by atoms with Crippen LogP contribution >= 0.6 is 0 Å². The van der Waals surface area contributed by atoms with E-state index < -0.39 is 6.10 Å². The highest BCUT2D eigenvalue weighted by Gasteiger charge is 2.25. The Kier molecular flexibility index (Phi) is 2.67. The summed E-state index contributed by atoms with van der Waals surface area (Å²) < 4.78 is 5.64. The van der Waals surface area contributed by atoms with E-state index in [0.29, 0.717) is 13.0 Å². The summed E-state index contributed by atoms with van der Waals surface area (Å²) >= 11 is 0. The Morgan fingerprint density at radius 3 is 2.87 bits per heavy atom. The molecular weight excluding hydrogens is 190 g/mol. The van der Waals surface area contributed by atoms with Crippen LogP contribution in [0.3, 0.4) is 0 Å². The molecule has 1 aliphatic heterocycles. The summed E-state index contributed by atoms with van der Waals surface area (Å²) in [4.78, 5) is 0. The van der Waals surface area contributed by atoms with Gasteiger partial charge in [-0.2, -0.15) is 0 Å². The number of aryl methyl sites for hydroxylation is 2. The Hall–Kier alpha value is -1.06. The Morgan fingerprint density at radius 1 is 1.40 bits per heavy atom. The Morgan fingerprint density at radius 2 is 2.13 bits per heavy atom. The number of nitrogens with two attached hydrogens (primary N) is 1. The van der Waals surface area contributed by atoms with Crippen LogP contribution in [0.2, 0.25) is 0 Å². The molecule has 1 aliphatic rings. The first kappa shape index (κ1) is 10.5. The summed E-state index contributed by atoms with van der Waals surface area (Å²) in [7, 11) is 0. The molecule has 82 valence electrons. The van der Waals surface area contributed by atoms with E-state index in [1.807, 2.05) is 19.9 Å². The smallest absolute Gasteiger partial charge is 0.128 e. The SMILES string of the molecule is Cc1cc(C)c2c(c1)[C@H](O)[C@@H](N)CCO2. The topological polar surface area (TPSA) is 55.5 Å². The lowest BCUT2D eigenvalue weighted by atomic mass is 9.97. The first-order chi connectivity index (χ1) is 7.09. The second kappa shape index (κ2) is 3.83. The van der Waals surface area contributed by atoms with E-state index in [4.69, 9.17) is 10.5 Å². The molecule has 0 aromatic heterocycles. The number of hydrogen-bond acceptors (Lipinski definition) is 3. The van der Waals surface area contributed by atoms with Crippen molar-refractivity contribution in [2.24, 2.45) is 5.73 Å². The minimum absolute atomic E-state index is 0.229. The maximum atomic E-state index is 10.1. The predicted molar refractivity (Wildman–Crippen MR) is 59.0 cm³/mol. The Balaban J connectivity index is 2.53. The van der Waals surface area contributed by atoms with E-state index in [-0.39, 0.29) is 6.04 Å². The molecule has 2 atom stereocenters. The van der Waals surface area contributed by atoms with Crippen LogP contribution in [0.15, 0.2) is 12.1 Å². The van der Waals surface area contributed by atoms with Gasteiger partial charge >= 0.3 is 0 Å². The van der Waals surface area contributed by atoms with Gasteiger partial charge in [0, 0.05) is 11.6 Å². The van der Waals surface area contributed by atoms with Crippen LogP contribution in [0.1, 0.15) is 29.2 Å². The van der Waals surface area contributed by atoms with E-state index in [9.17, 15) is 5.11 Å². The lowest BCUT2D eigenvalue weighted by Crippen LogP contribution is -2.28. The van der Waals surface area contributed by atoms with Gasteiger partial charge in [-0.15, -0.1) is 0 Å². The number of benzene rings is 1. The second-order valence-electron chi connectivity index (χ2n) is 4.25. The molecule has 1 heterocycles. The van der Waals surface area contributed by atoms with Crippen molar-refractivity contribution in [3.8, 4) is 5.75 Å². The van der Waals surface area contributed by atoms with Crippen LogP contribution in [-0.2, 0) is 0 Å². The molecule has 2 rings (SSSR count). The van der Waals surface area contributed by atoms with Gasteiger partial charge in [0.25, 0.3) is 0 Å². The van der Waals surface area contributed by atoms with Crippen LogP contribution in [-0.4, -0.2) is 17.8 Å². The van der Waals surface area contributed by atoms with Gasteiger partial charge in [-0.1, -0.05) is 11.6 Å². The first-order valence-corrected chi connectivity index (χ1v) is 5.27. The van der Waals surface area contributed by atoms with Crippen molar-refractivity contribution in [3.05, 3.63) is 28.8 Å². The van der Waals surface area contributed by atoms with Gasteiger partial charge in [0.2, 0.25) is 0 Å². The summed E-state index contributed by atoms with van der Waals surface area (Å²) in [5, 5.41) is 10.1. The molecule has 3 N–H and O–H groups in total. The lowest BCUT2D eigenvalue weighted by molar-refractivity contribution is 0.144. The fourth-order valence-electron chi connectivity index (χ4n) is 2.09. The third kappa shape index (κ3) is 1.85. The Bertz CT molecular complexity index is 376. The fourth-order valence-corrected chi connectivity index (χ4v) is 2.09. The summed E-state index contributed by atoms with van der Waals surface area (Å²) in [5.41, 5.74) is 8.89. The van der Waals surface area contributed by atoms with Crippen molar-refractivity contribution in [3.63, 3.8) is 0 Å². The van der Waals surface area contributed by atoms with Gasteiger partial charge in [0.05, 0.1) is 12.7 Å². The largest absolute Gasteiger partial charge is 0.493 e. The van der Waals surface area contributed by atoms with Gasteiger partial charge in [-0.25, -0.2) is 0 Å². The van der Waals surface area contributed by atoms with Gasteiger partial charge in [0.15, 0.2) is 0 Å². The molecule has 0 aliphatic carbocycles. The molecular formula is C12H17NO2. The zero-order valence-corrected chi connectivity index (χ0v) is 9.16. The number of ether oxygens (including phenoxy) is 1. The summed E-state index contributed by atoms with van der Waals surface area (Å²) in [5.74, 6) is 0.807. The molecule has 0 spiro atoms. The number of aliphatic hydroxyl groups is 1. The molecule has 3 nitrogen and oxygen atoms in total. The Labute approximate surface area is 89.9 Å². The quantitative estimate of drug-likeness (QED) is 0.677. The highest BCUT2D eigenvalue weighted by atomic mass is 16.5. The van der Waals surface area contributed by atoms with Crippen LogP contribution in [0.5, 0.6) is 5.75 Å². The van der Waals surface area contributed by atoms with Crippen LogP contribution in [0.25, 0.3) is 0 Å². The lowest BCUT2D eigenvalue weighted by Gasteiger charge is -2.17. The highest BCUT2D eigenvalue weighted by molar-refractivity contribution is 5.46. The maximum absolute atomic E-state index is 10.1. The van der Waals surface area contributed by atoms with Crippen LogP contribution in [0.4, 0.5) is 0 Å². The molecule has 0 saturated heterocycles. The number of hydrogen-bond donors (Lipinski definition) is 2. The third-order valence-corrected chi connectivity index (χ3v) is 2.87. The van der Waals surface area contributed by atoms with Crippen molar-refractivity contribution < 1.29 is 9.84 Å². The van der Waals surface area contributed by atoms with E-state index >= 15 is 0 Å². The van der Waals surface area contributed by atoms with Gasteiger partial charge in [-0.05, 0) is 31.9 Å². The number of fused-ring (bicyclic) bond motifs is 1. The fraction of sp³-hybridized carbons (Fsp3) is 0.500. The molecule has 0 bridgehead atoms. The van der Waals surface area contributed by atoms with Crippen molar-refractivity contribution >= 4 is 0 Å². The molecule has 1 aromatic rings. The van der Waals surface area contributed by atoms with Crippen LogP contribution in [0, 0.1) is 13.8 Å². The van der Waals surface area contributed by atoms with E-state index in [2.05, 4.69) is 6.07 Å². The molecule has 0 unspecified atom stereocenters. The maximum Gasteiger partial charge on any atom is 0.128 e. The molecule has 0 saturated carbocycles. The van der Waals surface area contributed by atoms with E-state index in [0.717, 1.165) is 22.4 Å². The zero-order valence-electron chi connectivity index (χ0n) is 9.16. The van der Waals surface area contributed by atoms with Crippen LogP contribution < -0.4 is 10.5 Å².